The summed E-state index contributed by atoms with van der Waals surface area (Å²) in [6.07, 6.45) is 4.88. The van der Waals surface area contributed by atoms with E-state index in [1.54, 1.807) is 36.4 Å². The molecule has 4 N–H and O–H groups in total. The van der Waals surface area contributed by atoms with Crippen LogP contribution < -0.4 is 11.1 Å². The van der Waals surface area contributed by atoms with Crippen molar-refractivity contribution in [1.82, 2.24) is 8.96 Å². The van der Waals surface area contributed by atoms with E-state index in [1.807, 2.05) is 0 Å². The number of nitrogens with zero attached hydrogens (tertiary/aromatic N) is 2. The van der Waals surface area contributed by atoms with E-state index in [-0.39, 0.29) is 17.0 Å². The first-order chi connectivity index (χ1) is 12.5. The maximum atomic E-state index is 12.9. The van der Waals surface area contributed by atoms with Crippen LogP contribution >= 0.6 is 0 Å². The minimum Gasteiger partial charge on any atom is -0.396 e. The molecule has 8 heteroatoms. The number of pyridine rings is 1. The summed E-state index contributed by atoms with van der Waals surface area (Å²) < 4.78 is 27.0. The van der Waals surface area contributed by atoms with Crippen LogP contribution in [0.4, 0.5) is 11.4 Å². The van der Waals surface area contributed by atoms with E-state index in [0.29, 0.717) is 28.8 Å². The van der Waals surface area contributed by atoms with Crippen molar-refractivity contribution in [1.29, 1.82) is 0 Å². The molecule has 0 amide bonds. The Balaban J connectivity index is 1.79. The van der Waals surface area contributed by atoms with E-state index in [1.165, 1.54) is 16.4 Å². The second-order valence-corrected chi connectivity index (χ2v) is 8.38. The molecule has 1 fully saturated rings. The standard InChI is InChI=1S/C18H20N4O3S/c19-16-11-20-18-15(17(16)21-12-6-7-13(23)10-12)8-9-22(18)26(24,25)14-4-2-1-3-5-14/h1-5,8-9,11-13,23H,6-7,10,19H2,(H,20,21). The lowest BCUT2D eigenvalue weighted by atomic mass is 10.2. The Morgan fingerprint density at radius 3 is 2.65 bits per heavy atom. The summed E-state index contributed by atoms with van der Waals surface area (Å²) in [5.74, 6) is 0. The quantitative estimate of drug-likeness (QED) is 0.647. The number of nitrogen functional groups attached to an aromatic ring is 1. The number of aliphatic hydroxyl groups is 1. The molecule has 0 radical (unpaired) electrons. The number of hydrogen-bond donors (Lipinski definition) is 3. The van der Waals surface area contributed by atoms with Crippen molar-refractivity contribution in [2.75, 3.05) is 11.1 Å². The zero-order valence-corrected chi connectivity index (χ0v) is 14.9. The Hall–Kier alpha value is -2.58. The Kier molecular flexibility index (Phi) is 4.08. The number of anilines is 2. The van der Waals surface area contributed by atoms with Gasteiger partial charge in [0.25, 0.3) is 10.0 Å². The van der Waals surface area contributed by atoms with Gasteiger partial charge >= 0.3 is 0 Å². The first-order valence-corrected chi connectivity index (χ1v) is 9.91. The van der Waals surface area contributed by atoms with Gasteiger partial charge in [0.2, 0.25) is 0 Å². The lowest BCUT2D eigenvalue weighted by molar-refractivity contribution is 0.182. The number of aromatic nitrogens is 2. The minimum atomic E-state index is -3.74. The van der Waals surface area contributed by atoms with Crippen LogP contribution in [0.2, 0.25) is 0 Å². The van der Waals surface area contributed by atoms with E-state index in [0.717, 1.165) is 12.8 Å². The molecule has 0 saturated heterocycles. The van der Waals surface area contributed by atoms with Crippen molar-refractivity contribution in [3.8, 4) is 0 Å². The maximum absolute atomic E-state index is 12.9. The number of benzene rings is 1. The Morgan fingerprint density at radius 1 is 1.19 bits per heavy atom. The van der Waals surface area contributed by atoms with Gasteiger partial charge in [-0.05, 0) is 37.5 Å². The highest BCUT2D eigenvalue weighted by Crippen LogP contribution is 2.33. The molecule has 2 heterocycles. The van der Waals surface area contributed by atoms with Gasteiger partial charge in [0.05, 0.1) is 28.6 Å². The van der Waals surface area contributed by atoms with Crippen molar-refractivity contribution < 1.29 is 13.5 Å². The summed E-state index contributed by atoms with van der Waals surface area (Å²) in [4.78, 5) is 4.45. The Bertz CT molecular complexity index is 1050. The number of nitrogens with two attached hydrogens (primary N) is 1. The average molecular weight is 372 g/mol. The molecule has 2 atom stereocenters. The zero-order valence-electron chi connectivity index (χ0n) is 14.0. The van der Waals surface area contributed by atoms with Crippen LogP contribution in [0.5, 0.6) is 0 Å². The predicted octanol–water partition coefficient (Wildman–Crippen LogP) is 2.18. The molecule has 0 aliphatic heterocycles. The molecule has 1 saturated carbocycles. The molecule has 2 unspecified atom stereocenters. The van der Waals surface area contributed by atoms with Crippen LogP contribution in [0.25, 0.3) is 11.0 Å². The van der Waals surface area contributed by atoms with Gasteiger partial charge in [-0.3, -0.25) is 0 Å². The van der Waals surface area contributed by atoms with Gasteiger partial charge in [-0.2, -0.15) is 0 Å². The molecule has 26 heavy (non-hydrogen) atoms. The van der Waals surface area contributed by atoms with E-state index < -0.39 is 10.0 Å². The Labute approximate surface area is 151 Å². The topological polar surface area (TPSA) is 110 Å². The van der Waals surface area contributed by atoms with Crippen LogP contribution in [-0.4, -0.2) is 34.6 Å². The van der Waals surface area contributed by atoms with Gasteiger partial charge in [-0.25, -0.2) is 17.4 Å². The van der Waals surface area contributed by atoms with Gasteiger partial charge in [0.1, 0.15) is 0 Å². The molecular formula is C18H20N4O3S. The predicted molar refractivity (Wildman–Crippen MR) is 100 cm³/mol. The number of nitrogens with one attached hydrogen (secondary N) is 1. The van der Waals surface area contributed by atoms with E-state index >= 15 is 0 Å². The van der Waals surface area contributed by atoms with Crippen LogP contribution in [0, 0.1) is 0 Å². The molecule has 0 spiro atoms. The van der Waals surface area contributed by atoms with Crippen LogP contribution in [0.1, 0.15) is 19.3 Å². The third-order valence-electron chi connectivity index (χ3n) is 4.76. The zero-order chi connectivity index (χ0) is 18.3. The van der Waals surface area contributed by atoms with Gasteiger partial charge in [0.15, 0.2) is 5.65 Å². The largest absolute Gasteiger partial charge is 0.396 e. The summed E-state index contributed by atoms with van der Waals surface area (Å²) in [5, 5.41) is 13.7. The van der Waals surface area contributed by atoms with Gasteiger partial charge in [-0.1, -0.05) is 18.2 Å². The highest BCUT2D eigenvalue weighted by atomic mass is 32.2. The normalized spacial score (nSPS) is 20.5. The molecule has 3 aromatic rings. The fourth-order valence-corrected chi connectivity index (χ4v) is 4.75. The molecular weight excluding hydrogens is 352 g/mol. The molecule has 7 nitrogen and oxygen atoms in total. The molecule has 4 rings (SSSR count). The van der Waals surface area contributed by atoms with Gasteiger partial charge in [0, 0.05) is 17.6 Å². The number of hydrogen-bond acceptors (Lipinski definition) is 6. The fraction of sp³-hybridized carbons (Fsp3) is 0.278. The second-order valence-electron chi connectivity index (χ2n) is 6.56. The van der Waals surface area contributed by atoms with E-state index in [4.69, 9.17) is 5.73 Å². The van der Waals surface area contributed by atoms with Crippen LogP contribution in [0.3, 0.4) is 0 Å². The van der Waals surface area contributed by atoms with Crippen LogP contribution in [0.15, 0.2) is 53.7 Å². The lowest BCUT2D eigenvalue weighted by Gasteiger charge is -2.16. The number of fused-ring (bicyclic) bond motifs is 1. The summed E-state index contributed by atoms with van der Waals surface area (Å²) in [7, 11) is -3.74. The van der Waals surface area contributed by atoms with Crippen molar-refractivity contribution in [3.05, 3.63) is 48.8 Å². The molecule has 136 valence electrons. The van der Waals surface area contributed by atoms with Gasteiger partial charge < -0.3 is 16.2 Å². The van der Waals surface area contributed by atoms with Gasteiger partial charge in [-0.15, -0.1) is 0 Å². The SMILES string of the molecule is Nc1cnc2c(ccn2S(=O)(=O)c2ccccc2)c1NC1CCC(O)C1. The number of aliphatic hydroxyl groups excluding tert-OH is 1. The lowest BCUT2D eigenvalue weighted by Crippen LogP contribution is -2.18. The van der Waals surface area contributed by atoms with Crippen molar-refractivity contribution in [2.24, 2.45) is 0 Å². The fourth-order valence-electron chi connectivity index (χ4n) is 3.43. The molecule has 1 aliphatic rings. The summed E-state index contributed by atoms with van der Waals surface area (Å²) in [6, 6.07) is 10.0. The average Bonchev–Trinajstić information content (AvgIpc) is 3.24. The highest BCUT2D eigenvalue weighted by molar-refractivity contribution is 7.90. The maximum Gasteiger partial charge on any atom is 0.269 e. The molecule has 2 aromatic heterocycles. The number of rotatable bonds is 4. The minimum absolute atomic E-state index is 0.104. The van der Waals surface area contributed by atoms with E-state index in [2.05, 4.69) is 10.3 Å². The smallest absolute Gasteiger partial charge is 0.269 e. The van der Waals surface area contributed by atoms with E-state index in [9.17, 15) is 13.5 Å². The van der Waals surface area contributed by atoms with Crippen LogP contribution in [-0.2, 0) is 10.0 Å². The summed E-state index contributed by atoms with van der Waals surface area (Å²) in [6.45, 7) is 0. The third kappa shape index (κ3) is 2.81. The third-order valence-corrected chi connectivity index (χ3v) is 6.44. The molecule has 0 bridgehead atoms. The first-order valence-electron chi connectivity index (χ1n) is 8.47. The van der Waals surface area contributed by atoms with Crippen molar-refractivity contribution in [3.63, 3.8) is 0 Å². The molecule has 1 aromatic carbocycles. The summed E-state index contributed by atoms with van der Waals surface area (Å²) >= 11 is 0. The second kappa shape index (κ2) is 6.30. The Morgan fingerprint density at radius 2 is 1.96 bits per heavy atom. The first kappa shape index (κ1) is 16.9. The summed E-state index contributed by atoms with van der Waals surface area (Å²) in [5.41, 5.74) is 7.52. The van der Waals surface area contributed by atoms with Crippen molar-refractivity contribution >= 4 is 32.4 Å². The highest BCUT2D eigenvalue weighted by Gasteiger charge is 2.25. The molecule has 1 aliphatic carbocycles. The monoisotopic (exact) mass is 372 g/mol. The van der Waals surface area contributed by atoms with Crippen molar-refractivity contribution in [2.45, 2.75) is 36.3 Å².